The number of amides is 1. The summed E-state index contributed by atoms with van der Waals surface area (Å²) in [5, 5.41) is 7.52. The molecule has 2 aliphatic rings. The predicted octanol–water partition coefficient (Wildman–Crippen LogP) is 3.66. The van der Waals surface area contributed by atoms with E-state index in [0.717, 1.165) is 58.1 Å². The minimum Gasteiger partial charge on any atom is -0.348 e. The molecule has 0 bridgehead atoms. The van der Waals surface area contributed by atoms with Crippen LogP contribution in [0.1, 0.15) is 53.2 Å². The van der Waals surface area contributed by atoms with Gasteiger partial charge in [-0.15, -0.1) is 0 Å². The Labute approximate surface area is 150 Å². The molecule has 2 heterocycles. The first-order valence-corrected chi connectivity index (χ1v) is 9.54. The molecule has 1 aromatic heterocycles. The Morgan fingerprint density at radius 2 is 2.17 bits per heavy atom. The lowest BCUT2D eigenvalue weighted by Crippen LogP contribution is -2.45. The molecule has 2 N–H and O–H groups in total. The van der Waals surface area contributed by atoms with Crippen LogP contribution in [0.25, 0.3) is 10.9 Å². The second-order valence-corrected chi connectivity index (χ2v) is 7.87. The SMILES string of the molecule is Cc1c(C2CC2)nc2ccc(Br)cc2c1C(=O)NC1CCCNC1. The van der Waals surface area contributed by atoms with Crippen molar-refractivity contribution in [2.45, 2.75) is 44.6 Å². The number of pyridine rings is 1. The molecule has 1 saturated carbocycles. The zero-order valence-corrected chi connectivity index (χ0v) is 15.4. The maximum Gasteiger partial charge on any atom is 0.252 e. The van der Waals surface area contributed by atoms with Crippen LogP contribution in [0.2, 0.25) is 0 Å². The molecule has 4 rings (SSSR count). The molecule has 1 aromatic carbocycles. The van der Waals surface area contributed by atoms with E-state index in [1.165, 1.54) is 12.8 Å². The van der Waals surface area contributed by atoms with Gasteiger partial charge in [0, 0.05) is 34.1 Å². The van der Waals surface area contributed by atoms with Crippen molar-refractivity contribution in [3.8, 4) is 0 Å². The van der Waals surface area contributed by atoms with Gasteiger partial charge in [0.25, 0.3) is 5.91 Å². The van der Waals surface area contributed by atoms with E-state index in [-0.39, 0.29) is 11.9 Å². The van der Waals surface area contributed by atoms with Crippen LogP contribution >= 0.6 is 15.9 Å². The highest BCUT2D eigenvalue weighted by Crippen LogP contribution is 2.42. The number of fused-ring (bicyclic) bond motifs is 1. The van der Waals surface area contributed by atoms with Crippen LogP contribution < -0.4 is 10.6 Å². The standard InChI is InChI=1S/C19H22BrN3O/c1-11-17(19(24)22-14-3-2-8-21-10-14)15-9-13(20)6-7-16(15)23-18(11)12-4-5-12/h6-7,9,12,14,21H,2-5,8,10H2,1H3,(H,22,24). The molecule has 0 radical (unpaired) electrons. The van der Waals surface area contributed by atoms with Crippen molar-refractivity contribution in [2.24, 2.45) is 0 Å². The van der Waals surface area contributed by atoms with E-state index in [4.69, 9.17) is 4.98 Å². The molecule has 24 heavy (non-hydrogen) atoms. The number of carbonyl (C=O) groups excluding carboxylic acids is 1. The molecule has 2 fully saturated rings. The second kappa shape index (κ2) is 6.45. The Hall–Kier alpha value is -1.46. The number of hydrogen-bond acceptors (Lipinski definition) is 3. The van der Waals surface area contributed by atoms with E-state index >= 15 is 0 Å². The fourth-order valence-corrected chi connectivity index (χ4v) is 3.99. The van der Waals surface area contributed by atoms with Crippen LogP contribution in [0.3, 0.4) is 0 Å². The van der Waals surface area contributed by atoms with E-state index in [0.29, 0.717) is 5.92 Å². The minimum atomic E-state index is 0.0357. The van der Waals surface area contributed by atoms with Crippen LogP contribution in [-0.2, 0) is 0 Å². The summed E-state index contributed by atoms with van der Waals surface area (Å²) < 4.78 is 0.976. The third kappa shape index (κ3) is 3.07. The zero-order valence-electron chi connectivity index (χ0n) is 13.9. The van der Waals surface area contributed by atoms with Gasteiger partial charge in [-0.05, 0) is 62.9 Å². The predicted molar refractivity (Wildman–Crippen MR) is 99.5 cm³/mol. The number of piperidine rings is 1. The van der Waals surface area contributed by atoms with Crippen LogP contribution in [0.15, 0.2) is 22.7 Å². The number of aromatic nitrogens is 1. The van der Waals surface area contributed by atoms with E-state index in [1.807, 2.05) is 18.2 Å². The van der Waals surface area contributed by atoms with E-state index in [9.17, 15) is 4.79 Å². The largest absolute Gasteiger partial charge is 0.348 e. The average Bonchev–Trinajstić information content (AvgIpc) is 3.40. The molecule has 126 valence electrons. The molecule has 4 nitrogen and oxygen atoms in total. The van der Waals surface area contributed by atoms with Gasteiger partial charge in [-0.3, -0.25) is 9.78 Å². The van der Waals surface area contributed by atoms with Crippen LogP contribution in [0.5, 0.6) is 0 Å². The van der Waals surface area contributed by atoms with Gasteiger partial charge in [-0.1, -0.05) is 15.9 Å². The third-order valence-electron chi connectivity index (χ3n) is 5.05. The molecule has 1 saturated heterocycles. The Morgan fingerprint density at radius 3 is 2.88 bits per heavy atom. The molecule has 5 heteroatoms. The summed E-state index contributed by atoms with van der Waals surface area (Å²) in [5.41, 5.74) is 3.87. The highest BCUT2D eigenvalue weighted by atomic mass is 79.9. The van der Waals surface area contributed by atoms with Crippen molar-refractivity contribution >= 4 is 32.7 Å². The van der Waals surface area contributed by atoms with Crippen molar-refractivity contribution in [2.75, 3.05) is 13.1 Å². The summed E-state index contributed by atoms with van der Waals surface area (Å²) in [4.78, 5) is 17.9. The normalized spacial score (nSPS) is 21.0. The van der Waals surface area contributed by atoms with Crippen molar-refractivity contribution in [3.05, 3.63) is 39.5 Å². The van der Waals surface area contributed by atoms with Gasteiger partial charge in [0.05, 0.1) is 11.1 Å². The molecule has 1 atom stereocenters. The van der Waals surface area contributed by atoms with Crippen molar-refractivity contribution in [1.82, 2.24) is 15.6 Å². The van der Waals surface area contributed by atoms with Gasteiger partial charge in [0.1, 0.15) is 0 Å². The monoisotopic (exact) mass is 387 g/mol. The molecule has 1 unspecified atom stereocenters. The topological polar surface area (TPSA) is 54.0 Å². The van der Waals surface area contributed by atoms with Gasteiger partial charge >= 0.3 is 0 Å². The Bertz CT molecular complexity index is 795. The van der Waals surface area contributed by atoms with Crippen molar-refractivity contribution in [1.29, 1.82) is 0 Å². The first-order chi connectivity index (χ1) is 11.6. The summed E-state index contributed by atoms with van der Waals surface area (Å²) in [6.07, 6.45) is 4.52. The number of hydrogen-bond donors (Lipinski definition) is 2. The fraction of sp³-hybridized carbons (Fsp3) is 0.474. The number of halogens is 1. The van der Waals surface area contributed by atoms with Crippen molar-refractivity contribution < 1.29 is 4.79 Å². The summed E-state index contributed by atoms with van der Waals surface area (Å²) in [7, 11) is 0. The summed E-state index contributed by atoms with van der Waals surface area (Å²) in [5.74, 6) is 0.564. The lowest BCUT2D eigenvalue weighted by molar-refractivity contribution is 0.0931. The van der Waals surface area contributed by atoms with Gasteiger partial charge in [-0.25, -0.2) is 0 Å². The van der Waals surface area contributed by atoms with E-state index in [2.05, 4.69) is 33.5 Å². The fourth-order valence-electron chi connectivity index (χ4n) is 3.63. The second-order valence-electron chi connectivity index (χ2n) is 6.95. The Morgan fingerprint density at radius 1 is 1.33 bits per heavy atom. The quantitative estimate of drug-likeness (QED) is 0.844. The molecular formula is C19H22BrN3O. The van der Waals surface area contributed by atoms with Crippen LogP contribution in [0.4, 0.5) is 0 Å². The van der Waals surface area contributed by atoms with Gasteiger partial charge < -0.3 is 10.6 Å². The van der Waals surface area contributed by atoms with Gasteiger partial charge in [0.2, 0.25) is 0 Å². The lowest BCUT2D eigenvalue weighted by atomic mass is 9.98. The van der Waals surface area contributed by atoms with Crippen LogP contribution in [0, 0.1) is 6.92 Å². The zero-order chi connectivity index (χ0) is 16.7. The lowest BCUT2D eigenvalue weighted by Gasteiger charge is -2.24. The number of nitrogens with one attached hydrogen (secondary N) is 2. The number of carbonyl (C=O) groups is 1. The molecule has 1 aliphatic heterocycles. The number of nitrogens with zero attached hydrogens (tertiary/aromatic N) is 1. The average molecular weight is 388 g/mol. The molecule has 0 spiro atoms. The van der Waals surface area contributed by atoms with Gasteiger partial charge in [-0.2, -0.15) is 0 Å². The molecular weight excluding hydrogens is 366 g/mol. The number of benzene rings is 1. The minimum absolute atomic E-state index is 0.0357. The third-order valence-corrected chi connectivity index (χ3v) is 5.54. The highest BCUT2D eigenvalue weighted by molar-refractivity contribution is 9.10. The maximum absolute atomic E-state index is 13.1. The van der Waals surface area contributed by atoms with E-state index in [1.54, 1.807) is 0 Å². The first kappa shape index (κ1) is 16.0. The maximum atomic E-state index is 13.1. The first-order valence-electron chi connectivity index (χ1n) is 8.75. The summed E-state index contributed by atoms with van der Waals surface area (Å²) in [6.45, 7) is 3.95. The van der Waals surface area contributed by atoms with E-state index < -0.39 is 0 Å². The van der Waals surface area contributed by atoms with Gasteiger partial charge in [0.15, 0.2) is 0 Å². The van der Waals surface area contributed by atoms with Crippen LogP contribution in [-0.4, -0.2) is 30.0 Å². The Kier molecular flexibility index (Phi) is 4.31. The number of rotatable bonds is 3. The smallest absolute Gasteiger partial charge is 0.252 e. The molecule has 2 aromatic rings. The van der Waals surface area contributed by atoms with Crippen molar-refractivity contribution in [3.63, 3.8) is 0 Å². The molecule has 1 amide bonds. The summed E-state index contributed by atoms with van der Waals surface area (Å²) in [6, 6.07) is 6.23. The highest BCUT2D eigenvalue weighted by Gasteiger charge is 2.30. The molecule has 1 aliphatic carbocycles. The Balaban J connectivity index is 1.77. The summed E-state index contributed by atoms with van der Waals surface area (Å²) >= 11 is 3.53.